The van der Waals surface area contributed by atoms with Crippen LogP contribution in [0.4, 0.5) is 0 Å². The number of esters is 1. The highest BCUT2D eigenvalue weighted by atomic mass is 16.5. The summed E-state index contributed by atoms with van der Waals surface area (Å²) in [5.41, 5.74) is 10.2. The third-order valence-corrected chi connectivity index (χ3v) is 1.91. The zero-order valence-electron chi connectivity index (χ0n) is 8.91. The molecule has 0 rings (SSSR count). The van der Waals surface area contributed by atoms with E-state index < -0.39 is 11.5 Å². The topological polar surface area (TPSA) is 87.6 Å². The zero-order valence-corrected chi connectivity index (χ0v) is 8.91. The zero-order chi connectivity index (χ0) is 11.0. The molecule has 0 saturated carbocycles. The van der Waals surface area contributed by atoms with Gasteiger partial charge in [-0.25, -0.2) is 4.79 Å². The van der Waals surface area contributed by atoms with E-state index in [0.717, 1.165) is 0 Å². The minimum absolute atomic E-state index is 0.159. The summed E-state index contributed by atoms with van der Waals surface area (Å²) in [7, 11) is 1.50. The van der Waals surface area contributed by atoms with Crippen LogP contribution in [-0.4, -0.2) is 38.4 Å². The fraction of sp³-hybridized carbons (Fsp3) is 0.889. The highest BCUT2D eigenvalue weighted by Gasteiger charge is 2.34. The molecule has 0 aromatic rings. The van der Waals surface area contributed by atoms with Crippen molar-refractivity contribution in [2.45, 2.75) is 25.3 Å². The third-order valence-electron chi connectivity index (χ3n) is 1.91. The van der Waals surface area contributed by atoms with Crippen LogP contribution in [0.5, 0.6) is 0 Å². The first kappa shape index (κ1) is 13.4. The van der Waals surface area contributed by atoms with Gasteiger partial charge in [-0.3, -0.25) is 0 Å². The van der Waals surface area contributed by atoms with Gasteiger partial charge in [0.25, 0.3) is 0 Å². The number of hydrogen-bond acceptors (Lipinski definition) is 5. The molecule has 0 bridgehead atoms. The van der Waals surface area contributed by atoms with Crippen molar-refractivity contribution in [3.8, 4) is 0 Å². The molecular formula is C9H20N2O3. The molecule has 0 aliphatic carbocycles. The molecule has 0 radical (unpaired) electrons. The smallest absolute Gasteiger partial charge is 0.328 e. The Morgan fingerprint density at radius 3 is 2.57 bits per heavy atom. The van der Waals surface area contributed by atoms with Crippen LogP contribution in [0.1, 0.15) is 19.8 Å². The lowest BCUT2D eigenvalue weighted by Gasteiger charge is -2.25. The maximum atomic E-state index is 11.5. The van der Waals surface area contributed by atoms with Gasteiger partial charge in [0.1, 0.15) is 5.54 Å². The second-order valence-corrected chi connectivity index (χ2v) is 3.20. The Hall–Kier alpha value is -0.650. The summed E-state index contributed by atoms with van der Waals surface area (Å²) in [5.74, 6) is -0.421. The molecule has 0 aromatic carbocycles. The number of rotatable bonds is 7. The van der Waals surface area contributed by atoms with Gasteiger partial charge in [-0.05, 0) is 26.3 Å². The van der Waals surface area contributed by atoms with Crippen molar-refractivity contribution in [2.75, 3.05) is 26.9 Å². The SMILES string of the molecule is CCOC(=O)[C@@](N)(CCCN)COC. The summed E-state index contributed by atoms with van der Waals surface area (Å²) >= 11 is 0. The summed E-state index contributed by atoms with van der Waals surface area (Å²) in [6, 6.07) is 0. The number of nitrogens with two attached hydrogens (primary N) is 2. The van der Waals surface area contributed by atoms with Crippen LogP contribution in [-0.2, 0) is 14.3 Å². The van der Waals surface area contributed by atoms with Gasteiger partial charge in [0.05, 0.1) is 13.2 Å². The largest absolute Gasteiger partial charge is 0.465 e. The molecule has 0 saturated heterocycles. The molecule has 0 aromatic heterocycles. The average molecular weight is 204 g/mol. The Balaban J connectivity index is 4.28. The Morgan fingerprint density at radius 2 is 2.14 bits per heavy atom. The van der Waals surface area contributed by atoms with Crippen LogP contribution in [0.2, 0.25) is 0 Å². The molecule has 84 valence electrons. The summed E-state index contributed by atoms with van der Waals surface area (Å²) in [4.78, 5) is 11.5. The summed E-state index contributed by atoms with van der Waals surface area (Å²) in [6.07, 6.45) is 1.16. The molecule has 0 spiro atoms. The Morgan fingerprint density at radius 1 is 1.50 bits per heavy atom. The van der Waals surface area contributed by atoms with Crippen LogP contribution >= 0.6 is 0 Å². The lowest BCUT2D eigenvalue weighted by molar-refractivity contribution is -0.152. The van der Waals surface area contributed by atoms with Gasteiger partial charge in [0.2, 0.25) is 0 Å². The first-order chi connectivity index (χ1) is 6.60. The summed E-state index contributed by atoms with van der Waals surface area (Å²) in [5, 5.41) is 0. The monoisotopic (exact) mass is 204 g/mol. The van der Waals surface area contributed by atoms with E-state index in [1.165, 1.54) is 7.11 Å². The molecule has 5 heteroatoms. The van der Waals surface area contributed by atoms with E-state index in [4.69, 9.17) is 20.9 Å². The van der Waals surface area contributed by atoms with Crippen LogP contribution in [0.15, 0.2) is 0 Å². The average Bonchev–Trinajstić information content (AvgIpc) is 2.15. The number of carbonyl (C=O) groups is 1. The van der Waals surface area contributed by atoms with Crippen LogP contribution in [0, 0.1) is 0 Å². The molecule has 5 nitrogen and oxygen atoms in total. The third kappa shape index (κ3) is 4.04. The van der Waals surface area contributed by atoms with Crippen LogP contribution in [0.3, 0.4) is 0 Å². The van der Waals surface area contributed by atoms with Gasteiger partial charge in [-0.2, -0.15) is 0 Å². The van der Waals surface area contributed by atoms with E-state index in [1.807, 2.05) is 0 Å². The number of methoxy groups -OCH3 is 1. The molecule has 4 N–H and O–H groups in total. The van der Waals surface area contributed by atoms with Crippen molar-refractivity contribution >= 4 is 5.97 Å². The quantitative estimate of drug-likeness (QED) is 0.552. The molecule has 0 unspecified atom stereocenters. The molecule has 14 heavy (non-hydrogen) atoms. The highest BCUT2D eigenvalue weighted by molar-refractivity contribution is 5.80. The van der Waals surface area contributed by atoms with E-state index in [9.17, 15) is 4.79 Å². The fourth-order valence-electron chi connectivity index (χ4n) is 1.18. The van der Waals surface area contributed by atoms with E-state index in [-0.39, 0.29) is 6.61 Å². The van der Waals surface area contributed by atoms with Crippen molar-refractivity contribution < 1.29 is 14.3 Å². The van der Waals surface area contributed by atoms with Gasteiger partial charge in [0, 0.05) is 7.11 Å². The molecule has 1 atom stereocenters. The summed E-state index contributed by atoms with van der Waals surface area (Å²) < 4.78 is 9.78. The second-order valence-electron chi connectivity index (χ2n) is 3.20. The number of ether oxygens (including phenoxy) is 2. The molecule has 0 fully saturated rings. The van der Waals surface area contributed by atoms with E-state index >= 15 is 0 Å². The normalized spacial score (nSPS) is 14.9. The number of hydrogen-bond donors (Lipinski definition) is 2. The van der Waals surface area contributed by atoms with Gasteiger partial charge in [-0.1, -0.05) is 0 Å². The Labute approximate surface area is 84.7 Å². The van der Waals surface area contributed by atoms with E-state index in [1.54, 1.807) is 6.92 Å². The van der Waals surface area contributed by atoms with Crippen LogP contribution < -0.4 is 11.5 Å². The van der Waals surface area contributed by atoms with Crippen LogP contribution in [0.25, 0.3) is 0 Å². The first-order valence-electron chi connectivity index (χ1n) is 4.75. The molecule has 0 amide bonds. The van der Waals surface area contributed by atoms with E-state index in [0.29, 0.717) is 26.0 Å². The van der Waals surface area contributed by atoms with Gasteiger partial charge in [-0.15, -0.1) is 0 Å². The van der Waals surface area contributed by atoms with Crippen molar-refractivity contribution in [3.05, 3.63) is 0 Å². The standard InChI is InChI=1S/C9H20N2O3/c1-3-14-8(12)9(11,7-13-2)5-4-6-10/h3-7,10-11H2,1-2H3/t9-/m1/s1. The Bertz CT molecular complexity index is 175. The second kappa shape index (κ2) is 6.75. The maximum absolute atomic E-state index is 11.5. The van der Waals surface area contributed by atoms with E-state index in [2.05, 4.69) is 0 Å². The molecule has 0 aliphatic rings. The first-order valence-corrected chi connectivity index (χ1v) is 4.75. The predicted octanol–water partition coefficient (Wildman–Crippen LogP) is -0.368. The van der Waals surface area contributed by atoms with Crippen molar-refractivity contribution in [1.29, 1.82) is 0 Å². The van der Waals surface area contributed by atoms with Gasteiger partial charge >= 0.3 is 5.97 Å². The van der Waals surface area contributed by atoms with Gasteiger partial charge < -0.3 is 20.9 Å². The Kier molecular flexibility index (Phi) is 6.44. The molecular weight excluding hydrogens is 184 g/mol. The predicted molar refractivity (Wildman–Crippen MR) is 53.7 cm³/mol. The van der Waals surface area contributed by atoms with Crippen molar-refractivity contribution in [3.63, 3.8) is 0 Å². The minimum Gasteiger partial charge on any atom is -0.465 e. The molecule has 0 aliphatic heterocycles. The lowest BCUT2D eigenvalue weighted by Crippen LogP contribution is -2.53. The minimum atomic E-state index is -1.05. The molecule has 0 heterocycles. The summed E-state index contributed by atoms with van der Waals surface area (Å²) in [6.45, 7) is 2.73. The fourth-order valence-corrected chi connectivity index (χ4v) is 1.18. The number of carbonyl (C=O) groups excluding carboxylic acids is 1. The lowest BCUT2D eigenvalue weighted by atomic mass is 9.96. The highest BCUT2D eigenvalue weighted by Crippen LogP contribution is 2.12. The van der Waals surface area contributed by atoms with Crippen molar-refractivity contribution in [1.82, 2.24) is 0 Å². The van der Waals surface area contributed by atoms with Crippen molar-refractivity contribution in [2.24, 2.45) is 11.5 Å². The van der Waals surface area contributed by atoms with Gasteiger partial charge in [0.15, 0.2) is 0 Å². The maximum Gasteiger partial charge on any atom is 0.328 e.